The minimum Gasteiger partial charge on any atom is -0.366 e. The summed E-state index contributed by atoms with van der Waals surface area (Å²) in [6.07, 6.45) is 4.86. The molecule has 3 aromatic rings. The van der Waals surface area contributed by atoms with Crippen LogP contribution in [0.3, 0.4) is 0 Å². The first kappa shape index (κ1) is 17.0. The summed E-state index contributed by atoms with van der Waals surface area (Å²) in [5, 5.41) is 6.00. The maximum atomic E-state index is 12.4. The number of anilines is 2. The summed E-state index contributed by atoms with van der Waals surface area (Å²) in [6.45, 7) is 2.55. The highest BCUT2D eigenvalue weighted by Crippen LogP contribution is 2.23. The van der Waals surface area contributed by atoms with E-state index in [0.717, 1.165) is 15.6 Å². The third-order valence-electron chi connectivity index (χ3n) is 3.47. The van der Waals surface area contributed by atoms with Crippen molar-refractivity contribution in [3.8, 4) is 0 Å². The van der Waals surface area contributed by atoms with Gasteiger partial charge in [0.15, 0.2) is 0 Å². The van der Waals surface area contributed by atoms with Crippen molar-refractivity contribution in [2.75, 3.05) is 10.6 Å². The number of halogens is 1. The first-order valence-electron chi connectivity index (χ1n) is 7.64. The summed E-state index contributed by atoms with van der Waals surface area (Å²) in [7, 11) is 0. The lowest BCUT2D eigenvalue weighted by Crippen LogP contribution is -2.15. The molecule has 0 fully saturated rings. The fourth-order valence-corrected chi connectivity index (χ4v) is 2.77. The van der Waals surface area contributed by atoms with Crippen LogP contribution in [-0.4, -0.2) is 20.9 Å². The second kappa shape index (κ2) is 7.85. The molecule has 0 unspecified atom stereocenters. The van der Waals surface area contributed by atoms with Gasteiger partial charge in [0.05, 0.1) is 5.69 Å². The van der Waals surface area contributed by atoms with Crippen LogP contribution in [0.2, 0.25) is 0 Å². The molecular weight excluding hydrogens is 382 g/mol. The molecule has 2 aromatic heterocycles. The molecule has 0 aliphatic rings. The van der Waals surface area contributed by atoms with Crippen LogP contribution in [0.5, 0.6) is 0 Å². The van der Waals surface area contributed by atoms with Gasteiger partial charge in [0, 0.05) is 29.5 Å². The van der Waals surface area contributed by atoms with E-state index in [9.17, 15) is 4.79 Å². The van der Waals surface area contributed by atoms with Gasteiger partial charge in [-0.3, -0.25) is 9.78 Å². The number of nitrogens with one attached hydrogen (secondary N) is 2. The summed E-state index contributed by atoms with van der Waals surface area (Å²) >= 11 is 3.45. The number of amides is 1. The third kappa shape index (κ3) is 4.60. The van der Waals surface area contributed by atoms with Crippen LogP contribution in [0.1, 0.15) is 21.6 Å². The van der Waals surface area contributed by atoms with Crippen molar-refractivity contribution in [3.63, 3.8) is 0 Å². The molecule has 1 amide bonds. The Labute approximate surface area is 153 Å². The van der Waals surface area contributed by atoms with Gasteiger partial charge < -0.3 is 10.6 Å². The van der Waals surface area contributed by atoms with Crippen LogP contribution >= 0.6 is 15.9 Å². The summed E-state index contributed by atoms with van der Waals surface area (Å²) in [5.74, 6) is 0.281. The summed E-state index contributed by atoms with van der Waals surface area (Å²) in [4.78, 5) is 24.7. The van der Waals surface area contributed by atoms with Gasteiger partial charge in [-0.2, -0.15) is 0 Å². The molecule has 7 heteroatoms. The number of hydrogen-bond acceptors (Lipinski definition) is 5. The van der Waals surface area contributed by atoms with E-state index in [0.29, 0.717) is 18.1 Å². The molecular formula is C18H16BrN5O. The van der Waals surface area contributed by atoms with Crippen molar-refractivity contribution in [2.24, 2.45) is 0 Å². The first-order valence-corrected chi connectivity index (χ1v) is 8.43. The Balaban J connectivity index is 1.69. The van der Waals surface area contributed by atoms with Crippen LogP contribution in [0.4, 0.5) is 11.5 Å². The molecule has 2 N–H and O–H groups in total. The minimum absolute atomic E-state index is 0.288. The van der Waals surface area contributed by atoms with Crippen molar-refractivity contribution in [2.45, 2.75) is 13.5 Å². The van der Waals surface area contributed by atoms with Gasteiger partial charge in [0.2, 0.25) is 0 Å². The van der Waals surface area contributed by atoms with Gasteiger partial charge in [-0.05, 0) is 52.2 Å². The molecule has 0 aliphatic heterocycles. The van der Waals surface area contributed by atoms with Crippen LogP contribution in [0, 0.1) is 6.92 Å². The first-order chi connectivity index (χ1) is 12.1. The van der Waals surface area contributed by atoms with Crippen molar-refractivity contribution >= 4 is 33.3 Å². The highest BCUT2D eigenvalue weighted by Gasteiger charge is 2.11. The number of carbonyl (C=O) groups excluding carboxylic acids is 1. The number of aromatic nitrogens is 3. The summed E-state index contributed by atoms with van der Waals surface area (Å²) < 4.78 is 0.824. The van der Waals surface area contributed by atoms with Gasteiger partial charge in [0.25, 0.3) is 5.91 Å². The SMILES string of the molecule is Cc1ccc(NC(=O)c2cc(NCc3cccnc3)ncn2)c(Br)c1. The summed E-state index contributed by atoms with van der Waals surface area (Å²) in [6, 6.07) is 11.2. The predicted molar refractivity (Wildman–Crippen MR) is 100 cm³/mol. The van der Waals surface area contributed by atoms with Crippen LogP contribution in [0.25, 0.3) is 0 Å². The Morgan fingerprint density at radius 3 is 2.84 bits per heavy atom. The van der Waals surface area contributed by atoms with E-state index in [1.54, 1.807) is 18.5 Å². The average molecular weight is 398 g/mol. The van der Waals surface area contributed by atoms with Crippen molar-refractivity contribution in [3.05, 3.63) is 76.4 Å². The molecule has 2 heterocycles. The molecule has 6 nitrogen and oxygen atoms in total. The molecule has 1 aromatic carbocycles. The number of benzene rings is 1. The Kier molecular flexibility index (Phi) is 5.35. The maximum Gasteiger partial charge on any atom is 0.274 e. The number of carbonyl (C=O) groups is 1. The van der Waals surface area contributed by atoms with E-state index >= 15 is 0 Å². The van der Waals surface area contributed by atoms with E-state index < -0.39 is 0 Å². The standard InChI is InChI=1S/C18H16BrN5O/c1-12-4-5-15(14(19)7-12)24-18(25)16-8-17(23-11-22-16)21-10-13-3-2-6-20-9-13/h2-9,11H,10H2,1H3,(H,24,25)(H,21,22,23). The van der Waals surface area contributed by atoms with E-state index in [-0.39, 0.29) is 11.6 Å². The lowest BCUT2D eigenvalue weighted by Gasteiger charge is -2.09. The molecule has 0 atom stereocenters. The second-order valence-corrected chi connectivity index (χ2v) is 6.30. The smallest absolute Gasteiger partial charge is 0.274 e. The molecule has 126 valence electrons. The quantitative estimate of drug-likeness (QED) is 0.684. The molecule has 25 heavy (non-hydrogen) atoms. The van der Waals surface area contributed by atoms with Crippen LogP contribution < -0.4 is 10.6 Å². The molecule has 0 saturated heterocycles. The molecule has 0 aliphatic carbocycles. The maximum absolute atomic E-state index is 12.4. The van der Waals surface area contributed by atoms with Gasteiger partial charge in [-0.15, -0.1) is 0 Å². The zero-order valence-corrected chi connectivity index (χ0v) is 15.1. The van der Waals surface area contributed by atoms with Crippen molar-refractivity contribution in [1.82, 2.24) is 15.0 Å². The van der Waals surface area contributed by atoms with E-state index in [2.05, 4.69) is 41.5 Å². The Morgan fingerprint density at radius 1 is 1.20 bits per heavy atom. The van der Waals surface area contributed by atoms with Crippen LogP contribution in [0.15, 0.2) is 59.6 Å². The number of aryl methyl sites for hydroxylation is 1. The predicted octanol–water partition coefficient (Wildman–Crippen LogP) is 3.81. The zero-order chi connectivity index (χ0) is 17.6. The zero-order valence-electron chi connectivity index (χ0n) is 13.5. The van der Waals surface area contributed by atoms with E-state index in [1.165, 1.54) is 6.33 Å². The highest BCUT2D eigenvalue weighted by atomic mass is 79.9. The fraction of sp³-hybridized carbons (Fsp3) is 0.111. The van der Waals surface area contributed by atoms with Crippen molar-refractivity contribution in [1.29, 1.82) is 0 Å². The molecule has 0 spiro atoms. The summed E-state index contributed by atoms with van der Waals surface area (Å²) in [5.41, 5.74) is 3.11. The monoisotopic (exact) mass is 397 g/mol. The number of hydrogen-bond donors (Lipinski definition) is 2. The highest BCUT2D eigenvalue weighted by molar-refractivity contribution is 9.10. The number of pyridine rings is 1. The minimum atomic E-state index is -0.295. The van der Waals surface area contributed by atoms with E-state index in [1.807, 2.05) is 37.3 Å². The number of rotatable bonds is 5. The largest absolute Gasteiger partial charge is 0.366 e. The van der Waals surface area contributed by atoms with Gasteiger partial charge in [-0.1, -0.05) is 12.1 Å². The average Bonchev–Trinajstić information content (AvgIpc) is 2.63. The lowest BCUT2D eigenvalue weighted by atomic mass is 10.2. The Bertz CT molecular complexity index is 886. The van der Waals surface area contributed by atoms with E-state index in [4.69, 9.17) is 0 Å². The van der Waals surface area contributed by atoms with Gasteiger partial charge >= 0.3 is 0 Å². The van der Waals surface area contributed by atoms with Crippen molar-refractivity contribution < 1.29 is 4.79 Å². The number of nitrogens with zero attached hydrogens (tertiary/aromatic N) is 3. The topological polar surface area (TPSA) is 79.8 Å². The normalized spacial score (nSPS) is 10.3. The Morgan fingerprint density at radius 2 is 2.08 bits per heavy atom. The lowest BCUT2D eigenvalue weighted by molar-refractivity contribution is 0.102. The van der Waals surface area contributed by atoms with Gasteiger partial charge in [0.1, 0.15) is 17.8 Å². The van der Waals surface area contributed by atoms with Gasteiger partial charge in [-0.25, -0.2) is 9.97 Å². The van der Waals surface area contributed by atoms with Crippen LogP contribution in [-0.2, 0) is 6.54 Å². The molecule has 0 saturated carbocycles. The molecule has 0 bridgehead atoms. The molecule has 3 rings (SSSR count). The Hall–Kier alpha value is -2.80. The second-order valence-electron chi connectivity index (χ2n) is 5.44. The molecule has 0 radical (unpaired) electrons. The fourth-order valence-electron chi connectivity index (χ4n) is 2.18. The third-order valence-corrected chi connectivity index (χ3v) is 4.13.